The van der Waals surface area contributed by atoms with Gasteiger partial charge in [-0.2, -0.15) is 0 Å². The summed E-state index contributed by atoms with van der Waals surface area (Å²) < 4.78 is 0. The van der Waals surface area contributed by atoms with Crippen molar-refractivity contribution < 1.29 is 14.7 Å². The first-order valence-electron chi connectivity index (χ1n) is 2.74. The van der Waals surface area contributed by atoms with Crippen LogP contribution in [0, 0.1) is 5.92 Å². The molecule has 0 heterocycles. The largest absolute Gasteiger partial charge is 0.483 e. The third kappa shape index (κ3) is 2.84. The highest BCUT2D eigenvalue weighted by Crippen LogP contribution is 2.35. The van der Waals surface area contributed by atoms with E-state index in [9.17, 15) is 4.79 Å². The van der Waals surface area contributed by atoms with Crippen molar-refractivity contribution in [2.45, 2.75) is 6.42 Å². The number of carbonyl (C=O) groups excluding carboxylic acids is 1. The Labute approximate surface area is 58.7 Å². The molecule has 3 nitrogen and oxygen atoms in total. The van der Waals surface area contributed by atoms with Crippen LogP contribution in [-0.2, 0) is 9.59 Å². The topological polar surface area (TPSA) is 54.4 Å². The van der Waals surface area contributed by atoms with Gasteiger partial charge in [-0.1, -0.05) is 6.08 Å². The summed E-state index contributed by atoms with van der Waals surface area (Å²) in [4.78, 5) is 18.1. The van der Waals surface area contributed by atoms with Gasteiger partial charge in [-0.15, -0.1) is 6.58 Å². The summed E-state index contributed by atoms with van der Waals surface area (Å²) in [5.74, 6) is 2.21. The fraction of sp³-hybridized carbons (Fsp3) is 0.286. The van der Waals surface area contributed by atoms with E-state index in [1.54, 1.807) is 6.08 Å². The molecule has 0 spiro atoms. The molecule has 0 bridgehead atoms. The molecule has 0 aromatic carbocycles. The Morgan fingerprint density at radius 2 is 2.30 bits per heavy atom. The predicted octanol–water partition coefficient (Wildman–Crippen LogP) is 0.651. The second-order valence-corrected chi connectivity index (χ2v) is 1.78. The van der Waals surface area contributed by atoms with Gasteiger partial charge in [0.05, 0.1) is 0 Å². The van der Waals surface area contributed by atoms with Crippen LogP contribution >= 0.6 is 0 Å². The van der Waals surface area contributed by atoms with Gasteiger partial charge in [0.2, 0.25) is 0 Å². The Morgan fingerprint density at radius 1 is 1.80 bits per heavy atom. The first-order valence-corrected chi connectivity index (χ1v) is 2.74. The van der Waals surface area contributed by atoms with Crippen molar-refractivity contribution in [2.75, 3.05) is 0 Å². The average Bonchev–Trinajstić information content (AvgIpc) is 2.67. The summed E-state index contributed by atoms with van der Waals surface area (Å²) in [6.45, 7) is 3.27. The van der Waals surface area contributed by atoms with Crippen LogP contribution in [0.25, 0.3) is 0 Å². The Kier molecular flexibility index (Phi) is 3.92. The van der Waals surface area contributed by atoms with Gasteiger partial charge in [-0.25, -0.2) is 4.79 Å². The summed E-state index contributed by atoms with van der Waals surface area (Å²) in [7, 11) is 0. The third-order valence-corrected chi connectivity index (χ3v) is 1.14. The fourth-order valence-electron chi connectivity index (χ4n) is 0.521. The van der Waals surface area contributed by atoms with Crippen LogP contribution in [0.5, 0.6) is 0 Å². The molecule has 1 N–H and O–H groups in total. The van der Waals surface area contributed by atoms with Crippen LogP contribution in [0.2, 0.25) is 0 Å². The van der Waals surface area contributed by atoms with Crippen LogP contribution < -0.4 is 0 Å². The van der Waals surface area contributed by atoms with Crippen LogP contribution in [0.3, 0.4) is 0 Å². The minimum atomic E-state index is -0.250. The van der Waals surface area contributed by atoms with E-state index >= 15 is 0 Å². The number of rotatable bonds is 1. The predicted molar refractivity (Wildman–Crippen MR) is 36.2 cm³/mol. The molecule has 54 valence electrons. The van der Waals surface area contributed by atoms with E-state index in [1.165, 1.54) is 0 Å². The van der Waals surface area contributed by atoms with Crippen molar-refractivity contribution in [3.63, 3.8) is 0 Å². The summed E-state index contributed by atoms with van der Waals surface area (Å²) >= 11 is 0. The molecule has 1 atom stereocenters. The molecular weight excluding hydrogens is 132 g/mol. The Hall–Kier alpha value is -1.34. The van der Waals surface area contributed by atoms with E-state index in [0.717, 1.165) is 12.0 Å². The Morgan fingerprint density at radius 3 is 2.40 bits per heavy atom. The minimum absolute atomic E-state index is 0.250. The molecule has 0 aromatic rings. The fourth-order valence-corrected chi connectivity index (χ4v) is 0.521. The van der Waals surface area contributed by atoms with E-state index in [2.05, 4.69) is 6.58 Å². The molecule has 3 heteroatoms. The SMILES string of the molecule is C=CC1CC1=C=O.O=CO. The third-order valence-electron chi connectivity index (χ3n) is 1.14. The molecule has 1 aliphatic carbocycles. The Balaban J connectivity index is 0.000000236. The normalized spacial score (nSPS) is 19.6. The summed E-state index contributed by atoms with van der Waals surface area (Å²) in [5, 5.41) is 6.89. The minimum Gasteiger partial charge on any atom is -0.483 e. The summed E-state index contributed by atoms with van der Waals surface area (Å²) in [6.07, 6.45) is 2.67. The van der Waals surface area contributed by atoms with Gasteiger partial charge < -0.3 is 5.11 Å². The molecule has 1 aliphatic rings. The van der Waals surface area contributed by atoms with Crippen molar-refractivity contribution in [3.8, 4) is 0 Å². The molecule has 1 fully saturated rings. The molecule has 1 unspecified atom stereocenters. The zero-order chi connectivity index (χ0) is 7.98. The maximum atomic E-state index is 9.73. The highest BCUT2D eigenvalue weighted by Gasteiger charge is 2.27. The van der Waals surface area contributed by atoms with Crippen molar-refractivity contribution in [3.05, 3.63) is 18.2 Å². The number of hydrogen-bond donors (Lipinski definition) is 1. The summed E-state index contributed by atoms with van der Waals surface area (Å²) in [6, 6.07) is 0. The first-order chi connectivity index (χ1) is 4.79. The number of hydrogen-bond acceptors (Lipinski definition) is 2. The lowest BCUT2D eigenvalue weighted by atomic mass is 10.4. The van der Waals surface area contributed by atoms with Gasteiger partial charge in [-0.3, -0.25) is 4.79 Å². The average molecular weight is 140 g/mol. The van der Waals surface area contributed by atoms with Crippen molar-refractivity contribution in [1.29, 1.82) is 0 Å². The van der Waals surface area contributed by atoms with Crippen molar-refractivity contribution >= 4 is 12.4 Å². The molecule has 0 saturated heterocycles. The van der Waals surface area contributed by atoms with Crippen LogP contribution in [0.1, 0.15) is 6.42 Å². The van der Waals surface area contributed by atoms with Gasteiger partial charge in [0.1, 0.15) is 5.94 Å². The van der Waals surface area contributed by atoms with Crippen LogP contribution in [0.4, 0.5) is 0 Å². The smallest absolute Gasteiger partial charge is 0.290 e. The molecule has 0 radical (unpaired) electrons. The number of carboxylic acid groups (broad SMARTS) is 1. The molecule has 0 aliphatic heterocycles. The number of carbonyl (C=O) groups is 1. The van der Waals surface area contributed by atoms with Gasteiger partial charge in [-0.05, 0) is 6.42 Å². The number of allylic oxidation sites excluding steroid dienone is 2. The van der Waals surface area contributed by atoms with Gasteiger partial charge >= 0.3 is 0 Å². The zero-order valence-electron chi connectivity index (χ0n) is 5.41. The van der Waals surface area contributed by atoms with Crippen molar-refractivity contribution in [2.24, 2.45) is 5.92 Å². The van der Waals surface area contributed by atoms with E-state index in [-0.39, 0.29) is 6.47 Å². The zero-order valence-corrected chi connectivity index (χ0v) is 5.41. The second-order valence-electron chi connectivity index (χ2n) is 1.78. The van der Waals surface area contributed by atoms with Gasteiger partial charge in [0.15, 0.2) is 0 Å². The second kappa shape index (κ2) is 4.53. The Bertz CT molecular complexity index is 177. The van der Waals surface area contributed by atoms with E-state index < -0.39 is 0 Å². The molecule has 0 aromatic heterocycles. The lowest BCUT2D eigenvalue weighted by Crippen LogP contribution is -1.57. The van der Waals surface area contributed by atoms with E-state index in [0.29, 0.717) is 5.92 Å². The maximum Gasteiger partial charge on any atom is 0.290 e. The first kappa shape index (κ1) is 8.66. The highest BCUT2D eigenvalue weighted by atomic mass is 16.3. The molecule has 1 saturated carbocycles. The summed E-state index contributed by atoms with van der Waals surface area (Å²) in [5.41, 5.74) is 0.870. The van der Waals surface area contributed by atoms with Gasteiger partial charge in [0.25, 0.3) is 6.47 Å². The molecule has 0 amide bonds. The molecule has 10 heavy (non-hydrogen) atoms. The molecule has 1 rings (SSSR count). The lowest BCUT2D eigenvalue weighted by molar-refractivity contribution is -0.122. The lowest BCUT2D eigenvalue weighted by Gasteiger charge is -1.63. The highest BCUT2D eigenvalue weighted by molar-refractivity contribution is 5.61. The van der Waals surface area contributed by atoms with Gasteiger partial charge in [0, 0.05) is 11.5 Å². The van der Waals surface area contributed by atoms with Crippen LogP contribution in [-0.4, -0.2) is 17.5 Å². The molecular formula is C7H8O3. The van der Waals surface area contributed by atoms with Crippen molar-refractivity contribution in [1.82, 2.24) is 0 Å². The maximum absolute atomic E-state index is 9.73. The van der Waals surface area contributed by atoms with E-state index in [4.69, 9.17) is 9.90 Å². The standard InChI is InChI=1S/C6H6O.CH2O2/c1-2-5-3-6(5)4-7;2-1-3/h2,5H,1,3H2;1H,(H,2,3). The van der Waals surface area contributed by atoms with Crippen LogP contribution in [0.15, 0.2) is 18.2 Å². The van der Waals surface area contributed by atoms with E-state index in [1.807, 2.05) is 5.94 Å². The monoisotopic (exact) mass is 140 g/mol. The quantitative estimate of drug-likeness (QED) is 0.330.